The van der Waals surface area contributed by atoms with Crippen molar-refractivity contribution < 1.29 is 18.7 Å². The summed E-state index contributed by atoms with van der Waals surface area (Å²) in [6.45, 7) is 4.29. The van der Waals surface area contributed by atoms with Crippen molar-refractivity contribution in [2.45, 2.75) is 13.8 Å². The summed E-state index contributed by atoms with van der Waals surface area (Å²) in [7, 11) is 1.64. The first kappa shape index (κ1) is 22.5. The Kier molecular flexibility index (Phi) is 6.71. The molecule has 1 heterocycles. The number of amides is 1. The average Bonchev–Trinajstić information content (AvgIpc) is 3.21. The van der Waals surface area contributed by atoms with Crippen molar-refractivity contribution in [2.75, 3.05) is 19.0 Å². The Hall–Kier alpha value is -3.70. The van der Waals surface area contributed by atoms with E-state index in [2.05, 4.69) is 5.32 Å². The van der Waals surface area contributed by atoms with Crippen LogP contribution in [-0.2, 0) is 4.79 Å². The third-order valence-electron chi connectivity index (χ3n) is 5.22. The number of allylic oxidation sites excluding steroid dienone is 1. The molecule has 1 aromatic heterocycles. The molecule has 0 atom stereocenters. The van der Waals surface area contributed by atoms with Crippen molar-refractivity contribution in [3.8, 4) is 22.6 Å². The molecular formula is C27H24ClNO4. The minimum absolute atomic E-state index is 0.252. The van der Waals surface area contributed by atoms with Crippen LogP contribution < -0.4 is 14.8 Å². The molecule has 0 aliphatic carbocycles. The molecule has 0 unspecified atom stereocenters. The largest absolute Gasteiger partial charge is 0.497 e. The monoisotopic (exact) mass is 461 g/mol. The zero-order chi connectivity index (χ0) is 23.4. The number of nitrogens with one attached hydrogen (secondary N) is 1. The van der Waals surface area contributed by atoms with Gasteiger partial charge in [-0.3, -0.25) is 4.79 Å². The Labute approximate surface area is 197 Å². The summed E-state index contributed by atoms with van der Waals surface area (Å²) in [6.07, 6.45) is 3.28. The molecule has 0 fully saturated rings. The van der Waals surface area contributed by atoms with Gasteiger partial charge >= 0.3 is 0 Å². The lowest BCUT2D eigenvalue weighted by molar-refractivity contribution is -0.111. The SMILES string of the molecule is CCOc1cc2occ(-c3cccc(OC)c3)c2cc1/C(C)=C/C(=O)Nc1cccc(Cl)c1. The van der Waals surface area contributed by atoms with Crippen LogP contribution in [0.4, 0.5) is 5.69 Å². The first-order chi connectivity index (χ1) is 16.0. The molecule has 0 saturated heterocycles. The molecule has 1 N–H and O–H groups in total. The second-order valence-electron chi connectivity index (χ2n) is 7.49. The van der Waals surface area contributed by atoms with Crippen LogP contribution in [0.2, 0.25) is 5.02 Å². The number of furan rings is 1. The van der Waals surface area contributed by atoms with E-state index in [0.29, 0.717) is 28.6 Å². The molecule has 4 aromatic rings. The Morgan fingerprint density at radius 3 is 2.70 bits per heavy atom. The molecule has 0 aliphatic heterocycles. The summed E-state index contributed by atoms with van der Waals surface area (Å²) in [5.74, 6) is 1.17. The number of carbonyl (C=O) groups is 1. The third-order valence-corrected chi connectivity index (χ3v) is 5.46. The number of ether oxygens (including phenoxy) is 2. The van der Waals surface area contributed by atoms with Crippen molar-refractivity contribution in [3.63, 3.8) is 0 Å². The minimum Gasteiger partial charge on any atom is -0.497 e. The van der Waals surface area contributed by atoms with Gasteiger partial charge in [0.05, 0.1) is 20.0 Å². The normalized spacial score (nSPS) is 11.5. The number of benzene rings is 3. The lowest BCUT2D eigenvalue weighted by atomic mass is 9.99. The number of anilines is 1. The van der Waals surface area contributed by atoms with E-state index >= 15 is 0 Å². The predicted octanol–water partition coefficient (Wildman–Crippen LogP) is 7.20. The van der Waals surface area contributed by atoms with Crippen LogP contribution in [-0.4, -0.2) is 19.6 Å². The van der Waals surface area contributed by atoms with Crippen molar-refractivity contribution >= 4 is 39.7 Å². The first-order valence-electron chi connectivity index (χ1n) is 10.6. The molecule has 5 nitrogen and oxygen atoms in total. The van der Waals surface area contributed by atoms with Crippen LogP contribution in [0.25, 0.3) is 27.7 Å². The van der Waals surface area contributed by atoms with E-state index in [0.717, 1.165) is 33.4 Å². The summed E-state index contributed by atoms with van der Waals surface area (Å²) < 4.78 is 17.1. The maximum Gasteiger partial charge on any atom is 0.248 e. The maximum absolute atomic E-state index is 12.6. The summed E-state index contributed by atoms with van der Waals surface area (Å²) >= 11 is 6.01. The summed E-state index contributed by atoms with van der Waals surface area (Å²) in [6, 6.07) is 18.7. The molecule has 0 bridgehead atoms. The van der Waals surface area contributed by atoms with Crippen LogP contribution in [0, 0.1) is 0 Å². The molecule has 0 spiro atoms. The van der Waals surface area contributed by atoms with Gasteiger partial charge in [0.15, 0.2) is 0 Å². The number of rotatable bonds is 7. The average molecular weight is 462 g/mol. The Morgan fingerprint density at radius 2 is 1.94 bits per heavy atom. The highest BCUT2D eigenvalue weighted by Gasteiger charge is 2.16. The highest BCUT2D eigenvalue weighted by Crippen LogP contribution is 2.38. The summed E-state index contributed by atoms with van der Waals surface area (Å²) in [5, 5.41) is 4.32. The number of methoxy groups -OCH3 is 1. The fraction of sp³-hybridized carbons (Fsp3) is 0.148. The van der Waals surface area contributed by atoms with Gasteiger partial charge < -0.3 is 19.2 Å². The molecule has 33 heavy (non-hydrogen) atoms. The minimum atomic E-state index is -0.252. The summed E-state index contributed by atoms with van der Waals surface area (Å²) in [5.41, 5.74) is 4.82. The van der Waals surface area contributed by atoms with Gasteiger partial charge in [0.2, 0.25) is 5.91 Å². The van der Waals surface area contributed by atoms with Crippen LogP contribution in [0.5, 0.6) is 11.5 Å². The van der Waals surface area contributed by atoms with Gasteiger partial charge in [-0.25, -0.2) is 0 Å². The van der Waals surface area contributed by atoms with Gasteiger partial charge in [-0.1, -0.05) is 29.8 Å². The maximum atomic E-state index is 12.6. The van der Waals surface area contributed by atoms with Crippen LogP contribution >= 0.6 is 11.6 Å². The highest BCUT2D eigenvalue weighted by atomic mass is 35.5. The standard InChI is InChI=1S/C27H24ClNO4/c1-4-32-25-15-26-23(24(16-33-26)18-7-5-10-21(12-18)31-3)14-22(25)17(2)11-27(30)29-20-9-6-8-19(28)13-20/h5-16H,4H2,1-3H3,(H,29,30)/b17-11+. The van der Waals surface area contributed by atoms with Crippen molar-refractivity contribution in [1.82, 2.24) is 0 Å². The predicted molar refractivity (Wildman–Crippen MR) is 133 cm³/mol. The Morgan fingerprint density at radius 1 is 1.12 bits per heavy atom. The zero-order valence-corrected chi connectivity index (χ0v) is 19.4. The Balaban J connectivity index is 1.73. The highest BCUT2D eigenvalue weighted by molar-refractivity contribution is 6.31. The smallest absolute Gasteiger partial charge is 0.248 e. The lowest BCUT2D eigenvalue weighted by Gasteiger charge is -2.12. The second-order valence-corrected chi connectivity index (χ2v) is 7.92. The van der Waals surface area contributed by atoms with E-state index in [9.17, 15) is 4.79 Å². The molecule has 6 heteroatoms. The molecule has 4 rings (SSSR count). The lowest BCUT2D eigenvalue weighted by Crippen LogP contribution is -2.08. The molecule has 0 aliphatic rings. The molecule has 3 aromatic carbocycles. The van der Waals surface area contributed by atoms with Gasteiger partial charge in [-0.15, -0.1) is 0 Å². The third kappa shape index (κ3) is 5.04. The van der Waals surface area contributed by atoms with Crippen molar-refractivity contribution in [2.24, 2.45) is 0 Å². The van der Waals surface area contributed by atoms with Gasteiger partial charge in [0.25, 0.3) is 0 Å². The van der Waals surface area contributed by atoms with Crippen molar-refractivity contribution in [3.05, 3.63) is 83.6 Å². The molecule has 0 saturated carbocycles. The van der Waals surface area contributed by atoms with E-state index < -0.39 is 0 Å². The number of hydrogen-bond donors (Lipinski definition) is 1. The molecule has 0 radical (unpaired) electrons. The second kappa shape index (κ2) is 9.84. The van der Waals surface area contributed by atoms with E-state index in [1.54, 1.807) is 43.7 Å². The number of carbonyl (C=O) groups excluding carboxylic acids is 1. The number of hydrogen-bond acceptors (Lipinski definition) is 4. The molecule has 168 valence electrons. The van der Waals surface area contributed by atoms with E-state index in [1.807, 2.05) is 50.2 Å². The van der Waals surface area contributed by atoms with Gasteiger partial charge in [0.1, 0.15) is 17.1 Å². The van der Waals surface area contributed by atoms with E-state index in [4.69, 9.17) is 25.5 Å². The van der Waals surface area contributed by atoms with Crippen molar-refractivity contribution in [1.29, 1.82) is 0 Å². The molecular weight excluding hydrogens is 438 g/mol. The zero-order valence-electron chi connectivity index (χ0n) is 18.6. The van der Waals surface area contributed by atoms with Gasteiger partial charge in [-0.05, 0) is 61.4 Å². The van der Waals surface area contributed by atoms with Crippen LogP contribution in [0.3, 0.4) is 0 Å². The van der Waals surface area contributed by atoms with Crippen LogP contribution in [0.15, 0.2) is 77.4 Å². The first-order valence-corrected chi connectivity index (χ1v) is 10.9. The quantitative estimate of drug-likeness (QED) is 0.295. The van der Waals surface area contributed by atoms with Gasteiger partial charge in [-0.2, -0.15) is 0 Å². The van der Waals surface area contributed by atoms with E-state index in [1.165, 1.54) is 0 Å². The topological polar surface area (TPSA) is 60.7 Å². The van der Waals surface area contributed by atoms with Gasteiger partial charge in [0, 0.05) is 39.4 Å². The fourth-order valence-electron chi connectivity index (χ4n) is 3.67. The number of fused-ring (bicyclic) bond motifs is 1. The number of halogens is 1. The fourth-order valence-corrected chi connectivity index (χ4v) is 3.86. The Bertz CT molecular complexity index is 1340. The summed E-state index contributed by atoms with van der Waals surface area (Å²) in [4.78, 5) is 12.6. The van der Waals surface area contributed by atoms with E-state index in [-0.39, 0.29) is 5.91 Å². The molecule has 1 amide bonds. The van der Waals surface area contributed by atoms with Crippen LogP contribution in [0.1, 0.15) is 19.4 Å².